The first-order valence-electron chi connectivity index (χ1n) is 3.90. The van der Waals surface area contributed by atoms with Crippen molar-refractivity contribution in [1.29, 1.82) is 0 Å². The van der Waals surface area contributed by atoms with Crippen molar-refractivity contribution in [3.05, 3.63) is 0 Å². The van der Waals surface area contributed by atoms with Crippen LogP contribution < -0.4 is 28.3 Å². The highest BCUT2D eigenvalue weighted by Gasteiger charge is 2.37. The first-order chi connectivity index (χ1) is 6.69. The molecule has 0 saturated heterocycles. The molecule has 0 bridgehead atoms. The average molecular weight is 253 g/mol. The van der Waals surface area contributed by atoms with Gasteiger partial charge in [0.05, 0.1) is 0 Å². The Balaban J connectivity index is 4.72. The fraction of sp³-hybridized carbons (Fsp3) is 0.667. The van der Waals surface area contributed by atoms with Crippen LogP contribution in [0.25, 0.3) is 0 Å². The maximum atomic E-state index is 11.4. The van der Waals surface area contributed by atoms with Gasteiger partial charge < -0.3 is 28.3 Å². The van der Waals surface area contributed by atoms with E-state index in [4.69, 9.17) is 22.9 Å². The molecule has 0 spiro atoms. The van der Waals surface area contributed by atoms with Gasteiger partial charge in [0, 0.05) is 11.5 Å². The number of primary amides is 1. The standard InChI is InChI=1S/C6H15N5O2S2/c7-3(12)6(10,2-15)11-4(13)5(8,9)1-14/h14-15H,1-2,8-10H2,(H2,7,12)(H,11,13)/t6-/m1/s1. The topological polar surface area (TPSA) is 150 Å². The second-order valence-corrected chi connectivity index (χ2v) is 3.78. The molecule has 9 N–H and O–H groups in total. The summed E-state index contributed by atoms with van der Waals surface area (Å²) in [6.45, 7) is 0. The maximum absolute atomic E-state index is 11.4. The first kappa shape index (κ1) is 14.5. The molecule has 7 nitrogen and oxygen atoms in total. The van der Waals surface area contributed by atoms with Gasteiger partial charge in [0.1, 0.15) is 0 Å². The van der Waals surface area contributed by atoms with E-state index in [0.29, 0.717) is 0 Å². The van der Waals surface area contributed by atoms with Gasteiger partial charge in [-0.15, -0.1) is 0 Å². The lowest BCUT2D eigenvalue weighted by molar-refractivity contribution is -0.133. The molecule has 1 atom stereocenters. The van der Waals surface area contributed by atoms with E-state index in [9.17, 15) is 9.59 Å². The van der Waals surface area contributed by atoms with Crippen molar-refractivity contribution < 1.29 is 9.59 Å². The molecule has 0 aromatic rings. The molecule has 0 aliphatic rings. The predicted molar refractivity (Wildman–Crippen MR) is 63.1 cm³/mol. The number of amides is 2. The number of rotatable bonds is 5. The third-order valence-electron chi connectivity index (χ3n) is 1.71. The molecule has 0 aliphatic carbocycles. The lowest BCUT2D eigenvalue weighted by atomic mass is 10.1. The number of nitrogens with two attached hydrogens (primary N) is 4. The van der Waals surface area contributed by atoms with E-state index in [2.05, 4.69) is 30.6 Å². The van der Waals surface area contributed by atoms with Crippen LogP contribution in [0, 0.1) is 0 Å². The number of nitrogens with one attached hydrogen (secondary N) is 1. The molecule has 2 amide bonds. The summed E-state index contributed by atoms with van der Waals surface area (Å²) in [7, 11) is 0. The molecule has 0 heterocycles. The molecular weight excluding hydrogens is 238 g/mol. The van der Waals surface area contributed by atoms with Crippen LogP contribution in [0.2, 0.25) is 0 Å². The molecule has 0 aromatic heterocycles. The lowest BCUT2D eigenvalue weighted by Gasteiger charge is -2.30. The van der Waals surface area contributed by atoms with Gasteiger partial charge in [0.2, 0.25) is 0 Å². The van der Waals surface area contributed by atoms with Crippen LogP contribution in [0.15, 0.2) is 0 Å². The Bertz CT molecular complexity index is 272. The van der Waals surface area contributed by atoms with Gasteiger partial charge in [-0.1, -0.05) is 0 Å². The second kappa shape index (κ2) is 5.03. The fourth-order valence-corrected chi connectivity index (χ4v) is 0.948. The molecule has 0 aromatic carbocycles. The normalized spacial score (nSPS) is 15.5. The molecule has 0 aliphatic heterocycles. The van der Waals surface area contributed by atoms with E-state index < -0.39 is 23.1 Å². The van der Waals surface area contributed by atoms with E-state index >= 15 is 0 Å². The van der Waals surface area contributed by atoms with Crippen LogP contribution in [-0.2, 0) is 9.59 Å². The van der Waals surface area contributed by atoms with Crippen LogP contribution in [-0.4, -0.2) is 34.6 Å². The van der Waals surface area contributed by atoms with Crippen molar-refractivity contribution in [2.24, 2.45) is 22.9 Å². The number of carbonyl (C=O) groups is 2. The summed E-state index contributed by atoms with van der Waals surface area (Å²) in [5, 5.41) is 2.12. The second-order valence-electron chi connectivity index (χ2n) is 3.15. The van der Waals surface area contributed by atoms with Gasteiger partial charge in [-0.05, 0) is 0 Å². The molecule has 0 fully saturated rings. The van der Waals surface area contributed by atoms with Gasteiger partial charge in [0.15, 0.2) is 11.3 Å². The highest BCUT2D eigenvalue weighted by molar-refractivity contribution is 7.80. The number of thiol groups is 2. The average Bonchev–Trinajstić information content (AvgIpc) is 2.17. The third-order valence-corrected chi connectivity index (χ3v) is 2.73. The van der Waals surface area contributed by atoms with Gasteiger partial charge in [-0.2, -0.15) is 25.3 Å². The van der Waals surface area contributed by atoms with E-state index in [1.165, 1.54) is 0 Å². The van der Waals surface area contributed by atoms with Crippen LogP contribution in [0.4, 0.5) is 0 Å². The van der Waals surface area contributed by atoms with Crippen LogP contribution in [0.3, 0.4) is 0 Å². The summed E-state index contributed by atoms with van der Waals surface area (Å²) in [6, 6.07) is 0. The summed E-state index contributed by atoms with van der Waals surface area (Å²) in [5.41, 5.74) is 17.7. The first-order valence-corrected chi connectivity index (χ1v) is 5.17. The van der Waals surface area contributed by atoms with Crippen LogP contribution >= 0.6 is 25.3 Å². The zero-order valence-corrected chi connectivity index (χ0v) is 9.72. The molecule has 0 unspecified atom stereocenters. The lowest BCUT2D eigenvalue weighted by Crippen LogP contribution is -2.72. The summed E-state index contributed by atoms with van der Waals surface area (Å²) < 4.78 is 0. The van der Waals surface area contributed by atoms with Crippen molar-refractivity contribution in [1.82, 2.24) is 5.32 Å². The highest BCUT2D eigenvalue weighted by Crippen LogP contribution is 2.01. The van der Waals surface area contributed by atoms with E-state index in [0.717, 1.165) is 0 Å². The summed E-state index contributed by atoms with van der Waals surface area (Å²) in [6.07, 6.45) is 0. The van der Waals surface area contributed by atoms with Gasteiger partial charge in [-0.25, -0.2) is 0 Å². The summed E-state index contributed by atoms with van der Waals surface area (Å²) >= 11 is 7.58. The smallest absolute Gasteiger partial charge is 0.258 e. The SMILES string of the molecule is NC(=O)[C@@](N)(CS)NC(=O)C(N)(N)CS. The van der Waals surface area contributed by atoms with Crippen molar-refractivity contribution in [3.8, 4) is 0 Å². The zero-order valence-electron chi connectivity index (χ0n) is 7.93. The quantitative estimate of drug-likeness (QED) is 0.202. The Morgan fingerprint density at radius 2 is 1.60 bits per heavy atom. The number of hydrogen-bond acceptors (Lipinski definition) is 7. The Labute approximate surface area is 98.1 Å². The predicted octanol–water partition coefficient (Wildman–Crippen LogP) is -3.28. The van der Waals surface area contributed by atoms with E-state index in [1.54, 1.807) is 0 Å². The Kier molecular flexibility index (Phi) is 4.87. The van der Waals surface area contributed by atoms with Gasteiger partial charge in [-0.3, -0.25) is 9.59 Å². The van der Waals surface area contributed by atoms with Gasteiger partial charge >= 0.3 is 0 Å². The number of carbonyl (C=O) groups excluding carboxylic acids is 2. The molecule has 9 heteroatoms. The number of hydrogen-bond donors (Lipinski definition) is 7. The third kappa shape index (κ3) is 3.54. The van der Waals surface area contributed by atoms with Crippen LogP contribution in [0.5, 0.6) is 0 Å². The van der Waals surface area contributed by atoms with Crippen molar-refractivity contribution in [2.75, 3.05) is 11.5 Å². The van der Waals surface area contributed by atoms with Crippen LogP contribution in [0.1, 0.15) is 0 Å². The molecule has 0 saturated carbocycles. The van der Waals surface area contributed by atoms with E-state index in [1.807, 2.05) is 0 Å². The largest absolute Gasteiger partial charge is 0.366 e. The Hall–Kier alpha value is -0.480. The monoisotopic (exact) mass is 253 g/mol. The maximum Gasteiger partial charge on any atom is 0.258 e. The minimum atomic E-state index is -1.77. The highest BCUT2D eigenvalue weighted by atomic mass is 32.1. The summed E-state index contributed by atoms with van der Waals surface area (Å²) in [5.74, 6) is -2.04. The van der Waals surface area contributed by atoms with Crippen molar-refractivity contribution >= 4 is 37.1 Å². The zero-order chi connectivity index (χ0) is 12.3. The minimum Gasteiger partial charge on any atom is -0.366 e. The van der Waals surface area contributed by atoms with Gasteiger partial charge in [0.25, 0.3) is 11.8 Å². The molecule has 0 radical (unpaired) electrons. The van der Waals surface area contributed by atoms with E-state index in [-0.39, 0.29) is 11.5 Å². The molecule has 0 rings (SSSR count). The van der Waals surface area contributed by atoms with Crippen molar-refractivity contribution in [3.63, 3.8) is 0 Å². The van der Waals surface area contributed by atoms with Crippen molar-refractivity contribution in [2.45, 2.75) is 11.3 Å². The molecule has 15 heavy (non-hydrogen) atoms. The Morgan fingerprint density at radius 3 is 1.87 bits per heavy atom. The minimum absolute atomic E-state index is 0.111. The fourth-order valence-electron chi connectivity index (χ4n) is 0.570. The Morgan fingerprint density at radius 1 is 1.13 bits per heavy atom. The molecular formula is C6H15N5O2S2. The molecule has 88 valence electrons. The summed E-state index contributed by atoms with van der Waals surface area (Å²) in [4.78, 5) is 22.4.